The molecule has 3 N–H and O–H groups in total. The van der Waals surface area contributed by atoms with Gasteiger partial charge in [0.05, 0.1) is 11.1 Å². The molecule has 14 heteroatoms. The van der Waals surface area contributed by atoms with E-state index in [0.29, 0.717) is 5.56 Å². The van der Waals surface area contributed by atoms with E-state index in [0.717, 1.165) is 16.7 Å². The maximum Gasteiger partial charge on any atom is 0.453 e. The second-order valence-corrected chi connectivity index (χ2v) is 8.92. The summed E-state index contributed by atoms with van der Waals surface area (Å²) in [5.41, 5.74) is 5.50. The first-order chi connectivity index (χ1) is 17.7. The van der Waals surface area contributed by atoms with Gasteiger partial charge < -0.3 is 15.5 Å². The minimum atomic E-state index is -5.76. The first kappa shape index (κ1) is 25.4. The molecule has 5 rings (SSSR count). The molecule has 1 aliphatic rings. The molecule has 4 aromatic rings. The fraction of sp³-hybridized carbons (Fsp3) is 0.250. The number of aromatic nitrogens is 4. The lowest BCUT2D eigenvalue weighted by Gasteiger charge is -2.23. The Hall–Kier alpha value is -4.23. The van der Waals surface area contributed by atoms with Gasteiger partial charge in [0.2, 0.25) is 5.91 Å². The van der Waals surface area contributed by atoms with Crippen LogP contribution in [-0.2, 0) is 16.6 Å². The molecule has 1 atom stereocenters. The van der Waals surface area contributed by atoms with Crippen LogP contribution in [0.25, 0.3) is 17.0 Å². The third kappa shape index (κ3) is 3.90. The zero-order chi connectivity index (χ0) is 27.6. The van der Waals surface area contributed by atoms with Crippen LogP contribution >= 0.6 is 0 Å². The van der Waals surface area contributed by atoms with Gasteiger partial charge in [-0.15, -0.1) is 0 Å². The van der Waals surface area contributed by atoms with Gasteiger partial charge in [0, 0.05) is 19.0 Å². The fourth-order valence-corrected chi connectivity index (χ4v) is 4.45. The zero-order valence-electron chi connectivity index (χ0n) is 19.4. The Labute approximate surface area is 209 Å². The van der Waals surface area contributed by atoms with E-state index < -0.39 is 47.9 Å². The number of carbonyl (C=O) groups excluding carboxylic acids is 1. The maximum absolute atomic E-state index is 14.0. The van der Waals surface area contributed by atoms with Crippen LogP contribution in [0.5, 0.6) is 0 Å². The lowest BCUT2D eigenvalue weighted by molar-refractivity contribution is -0.284. The molecule has 0 saturated carbocycles. The van der Waals surface area contributed by atoms with Crippen molar-refractivity contribution in [1.82, 2.24) is 19.4 Å². The summed E-state index contributed by atoms with van der Waals surface area (Å²) < 4.78 is 93.6. The van der Waals surface area contributed by atoms with E-state index in [1.165, 1.54) is 30.3 Å². The molecule has 0 bridgehead atoms. The van der Waals surface area contributed by atoms with Crippen molar-refractivity contribution in [3.63, 3.8) is 0 Å². The Kier molecular flexibility index (Phi) is 5.62. The minimum Gasteiger partial charge on any atom is -0.383 e. The highest BCUT2D eigenvalue weighted by Gasteiger charge is 2.56. The minimum absolute atomic E-state index is 0.0118. The van der Waals surface area contributed by atoms with Gasteiger partial charge in [-0.05, 0) is 36.8 Å². The Balaban J connectivity index is 1.60. The first-order valence-corrected chi connectivity index (χ1v) is 11.1. The Morgan fingerprint density at radius 3 is 2.29 bits per heavy atom. The van der Waals surface area contributed by atoms with Crippen LogP contribution in [0, 0.1) is 11.6 Å². The van der Waals surface area contributed by atoms with Crippen LogP contribution in [0.15, 0.2) is 42.6 Å². The quantitative estimate of drug-likeness (QED) is 0.347. The maximum atomic E-state index is 14.0. The summed E-state index contributed by atoms with van der Waals surface area (Å²) in [7, 11) is 0. The summed E-state index contributed by atoms with van der Waals surface area (Å²) in [5, 5.41) is 2.60. The van der Waals surface area contributed by atoms with E-state index >= 15 is 0 Å². The van der Waals surface area contributed by atoms with E-state index in [1.807, 2.05) is 0 Å². The van der Waals surface area contributed by atoms with Crippen LogP contribution in [-0.4, -0.2) is 37.4 Å². The summed E-state index contributed by atoms with van der Waals surface area (Å²) in [6.45, 7) is 1.55. The third-order valence-electron chi connectivity index (χ3n) is 6.51. The molecule has 7 nitrogen and oxygen atoms in total. The van der Waals surface area contributed by atoms with Crippen molar-refractivity contribution in [3.05, 3.63) is 71.2 Å². The number of hydrogen-bond acceptors (Lipinski definition) is 5. The second-order valence-electron chi connectivity index (χ2n) is 8.92. The van der Waals surface area contributed by atoms with Gasteiger partial charge in [0.1, 0.15) is 40.2 Å². The summed E-state index contributed by atoms with van der Waals surface area (Å²) in [6, 6.07) is 7.46. The zero-order valence-corrected chi connectivity index (χ0v) is 19.4. The number of amides is 1. The largest absolute Gasteiger partial charge is 0.453 e. The van der Waals surface area contributed by atoms with E-state index in [2.05, 4.69) is 20.3 Å². The van der Waals surface area contributed by atoms with Gasteiger partial charge in [-0.3, -0.25) is 4.79 Å². The Morgan fingerprint density at radius 1 is 0.974 bits per heavy atom. The van der Waals surface area contributed by atoms with E-state index in [-0.39, 0.29) is 40.1 Å². The van der Waals surface area contributed by atoms with Crippen molar-refractivity contribution in [3.8, 4) is 11.5 Å². The van der Waals surface area contributed by atoms with Gasteiger partial charge in [0.25, 0.3) is 0 Å². The van der Waals surface area contributed by atoms with Crippen LogP contribution in [0.2, 0.25) is 0 Å². The van der Waals surface area contributed by atoms with Gasteiger partial charge >= 0.3 is 12.1 Å². The number of halogens is 7. The number of anilines is 2. The summed E-state index contributed by atoms with van der Waals surface area (Å²) in [4.78, 5) is 25.7. The van der Waals surface area contributed by atoms with E-state index in [4.69, 9.17) is 5.73 Å². The molecule has 1 aromatic carbocycles. The molecule has 0 radical (unpaired) electrons. The second kappa shape index (κ2) is 8.39. The number of carbonyl (C=O) groups is 1. The number of alkyl halides is 5. The van der Waals surface area contributed by atoms with Gasteiger partial charge in [-0.25, -0.2) is 23.7 Å². The summed E-state index contributed by atoms with van der Waals surface area (Å²) in [6.07, 6.45) is -7.35. The fourth-order valence-electron chi connectivity index (χ4n) is 4.45. The summed E-state index contributed by atoms with van der Waals surface area (Å²) in [5.74, 6) is -7.42. The first-order valence-electron chi connectivity index (χ1n) is 11.1. The third-order valence-corrected chi connectivity index (χ3v) is 6.51. The number of nitrogens with two attached hydrogens (primary N) is 1. The normalized spacial score (nSPS) is 17.6. The van der Waals surface area contributed by atoms with Crippen molar-refractivity contribution in [2.75, 3.05) is 11.1 Å². The van der Waals surface area contributed by atoms with Crippen molar-refractivity contribution < 1.29 is 35.5 Å². The highest BCUT2D eigenvalue weighted by Crippen LogP contribution is 2.45. The Bertz CT molecular complexity index is 1580. The van der Waals surface area contributed by atoms with Crippen molar-refractivity contribution >= 4 is 23.1 Å². The number of nitrogens with zero attached hydrogens (tertiary/aromatic N) is 4. The number of benzene rings is 1. The number of nitrogens with one attached hydrogen (secondary N) is 1. The van der Waals surface area contributed by atoms with Crippen molar-refractivity contribution in [2.45, 2.75) is 37.3 Å². The van der Waals surface area contributed by atoms with Crippen molar-refractivity contribution in [1.29, 1.82) is 0 Å². The molecule has 3 aromatic heterocycles. The molecule has 0 spiro atoms. The van der Waals surface area contributed by atoms with Gasteiger partial charge in [-0.2, -0.15) is 22.0 Å². The van der Waals surface area contributed by atoms with E-state index in [1.54, 1.807) is 6.92 Å². The number of rotatable bonds is 5. The van der Waals surface area contributed by atoms with Crippen LogP contribution in [0.4, 0.5) is 42.4 Å². The number of nitrogen functional groups attached to an aromatic ring is 1. The monoisotopic (exact) mass is 538 g/mol. The molecular weight excluding hydrogens is 521 g/mol. The molecule has 1 aliphatic heterocycles. The highest BCUT2D eigenvalue weighted by atomic mass is 19.4. The van der Waals surface area contributed by atoms with Gasteiger partial charge in [-0.1, -0.05) is 12.1 Å². The number of hydrogen-bond donors (Lipinski definition) is 2. The van der Waals surface area contributed by atoms with Gasteiger partial charge in [0.15, 0.2) is 5.82 Å². The lowest BCUT2D eigenvalue weighted by atomic mass is 9.78. The molecule has 0 saturated heterocycles. The lowest BCUT2D eigenvalue weighted by Crippen LogP contribution is -2.36. The molecule has 198 valence electrons. The van der Waals surface area contributed by atoms with E-state index in [9.17, 15) is 35.5 Å². The van der Waals surface area contributed by atoms with Crippen LogP contribution in [0.3, 0.4) is 0 Å². The molecule has 0 aliphatic carbocycles. The average molecular weight is 538 g/mol. The Morgan fingerprint density at radius 2 is 1.63 bits per heavy atom. The summed E-state index contributed by atoms with van der Waals surface area (Å²) >= 11 is 0. The van der Waals surface area contributed by atoms with Crippen LogP contribution in [0.1, 0.15) is 30.3 Å². The number of fused-ring (bicyclic) bond motifs is 2. The SMILES string of the molecule is CC1(c2ccc(F)cc2)C(=O)Nc2nc(-c3nc(CCC(F)(F)C(F)(F)F)n4cc(F)ccc34)nc(N)c21. The molecule has 4 heterocycles. The standard InChI is InChI=1S/C24H17F7N6O/c1-22(11-2-4-12(25)5-3-11)16-18(32)34-20(35-19(16)36-21(22)38)17-14-7-6-13(26)10-37(14)15(33-17)8-9-23(27,28)24(29,30)31/h2-7,10H,8-9H2,1H3,(H3,32,34,35,36,38). The smallest absolute Gasteiger partial charge is 0.383 e. The molecular formula is C24H17F7N6O. The molecule has 1 amide bonds. The number of aryl methyl sites for hydroxylation is 1. The van der Waals surface area contributed by atoms with Crippen molar-refractivity contribution in [2.24, 2.45) is 0 Å². The average Bonchev–Trinajstić information content (AvgIpc) is 3.32. The molecule has 1 unspecified atom stereocenters. The molecule has 0 fully saturated rings. The molecule has 38 heavy (non-hydrogen) atoms. The highest BCUT2D eigenvalue weighted by molar-refractivity contribution is 6.09. The number of imidazole rings is 1. The predicted octanol–water partition coefficient (Wildman–Crippen LogP) is 5.04. The number of pyridine rings is 1. The predicted molar refractivity (Wildman–Crippen MR) is 121 cm³/mol. The van der Waals surface area contributed by atoms with Crippen LogP contribution < -0.4 is 11.1 Å². The topological polar surface area (TPSA) is 98.2 Å².